The molecule has 6 heterocycles. The van der Waals surface area contributed by atoms with E-state index >= 15 is 0 Å². The zero-order valence-corrected chi connectivity index (χ0v) is 32.2. The van der Waals surface area contributed by atoms with Gasteiger partial charge in [0.1, 0.15) is 16.8 Å². The maximum Gasteiger partial charge on any atom is 0.423 e. The number of amides is 2. The van der Waals surface area contributed by atoms with Gasteiger partial charge in [0.25, 0.3) is 0 Å². The Morgan fingerprint density at radius 2 is 1.06 bits per heavy atom. The highest BCUT2D eigenvalue weighted by atomic mass is 16.6. The maximum atomic E-state index is 13.2. The molecule has 53 heavy (non-hydrogen) atoms. The SMILES string of the molecule is CC(C)(C)OC(=O)N1CCC(n2c(=O)[nH]c3cnccc32)CC1.CC(C)(C)OC(=O)N1CCC(n2c(=O)n(C(=O)OC(C)(C)C)c3cnccc32)CC1. The number of hydrogen-bond acceptors (Lipinski definition) is 10. The van der Waals surface area contributed by atoms with Gasteiger partial charge in [0.2, 0.25) is 0 Å². The molecule has 4 aromatic rings. The minimum Gasteiger partial charge on any atom is -0.444 e. The molecule has 2 aliphatic rings. The average molecular weight is 737 g/mol. The van der Waals surface area contributed by atoms with E-state index in [1.807, 2.05) is 47.6 Å². The van der Waals surface area contributed by atoms with Crippen molar-refractivity contribution in [2.45, 2.75) is 117 Å². The number of hydrogen-bond donors (Lipinski definition) is 1. The molecule has 2 aliphatic heterocycles. The fourth-order valence-corrected chi connectivity index (χ4v) is 6.51. The molecule has 1 N–H and O–H groups in total. The molecule has 2 amide bonds. The molecular formula is C37H52N8O8. The Balaban J connectivity index is 0.000000211. The lowest BCUT2D eigenvalue weighted by Crippen LogP contribution is -2.43. The standard InChI is InChI=1S/C21H30N4O5.C16H22N4O3/c1-20(2,3)29-18(27)23-11-8-14(9-12-23)24-15-7-10-22-13-16(15)25(17(24)26)19(28)30-21(4,5)6;1-16(2,3)23-15(22)19-8-5-11(6-9-19)20-13-4-7-17-10-12(13)18-14(20)21/h7,10,13-14H,8-9,11-12H2,1-6H3;4,7,10-11H,5-6,8-9H2,1-3H3,(H,18,21). The minimum atomic E-state index is -0.730. The number of piperidine rings is 2. The van der Waals surface area contributed by atoms with Crippen molar-refractivity contribution in [3.8, 4) is 0 Å². The van der Waals surface area contributed by atoms with E-state index in [0.717, 1.165) is 28.4 Å². The monoisotopic (exact) mass is 736 g/mol. The number of aromatic amines is 1. The summed E-state index contributed by atoms with van der Waals surface area (Å²) in [7, 11) is 0. The van der Waals surface area contributed by atoms with E-state index in [9.17, 15) is 24.0 Å². The number of aromatic nitrogens is 6. The van der Waals surface area contributed by atoms with E-state index in [2.05, 4.69) is 15.0 Å². The molecule has 0 bridgehead atoms. The third-order valence-electron chi connectivity index (χ3n) is 8.73. The number of carbonyl (C=O) groups excluding carboxylic acids is 3. The molecule has 2 saturated heterocycles. The van der Waals surface area contributed by atoms with Crippen molar-refractivity contribution in [1.29, 1.82) is 0 Å². The molecule has 0 aliphatic carbocycles. The maximum absolute atomic E-state index is 13.2. The van der Waals surface area contributed by atoms with Crippen LogP contribution in [0.15, 0.2) is 46.5 Å². The van der Waals surface area contributed by atoms with Crippen LogP contribution < -0.4 is 11.4 Å². The second-order valence-electron chi connectivity index (χ2n) is 16.4. The number of ether oxygens (including phenoxy) is 3. The van der Waals surface area contributed by atoms with Crippen LogP contribution in [0.5, 0.6) is 0 Å². The number of imidazole rings is 2. The van der Waals surface area contributed by atoms with Gasteiger partial charge in [0, 0.05) is 50.7 Å². The summed E-state index contributed by atoms with van der Waals surface area (Å²) >= 11 is 0. The highest BCUT2D eigenvalue weighted by Gasteiger charge is 2.32. The molecule has 0 atom stereocenters. The number of nitrogens with one attached hydrogen (secondary N) is 1. The third kappa shape index (κ3) is 9.45. The van der Waals surface area contributed by atoms with Crippen LogP contribution in [0, 0.1) is 0 Å². The fourth-order valence-electron chi connectivity index (χ4n) is 6.51. The number of fused-ring (bicyclic) bond motifs is 2. The van der Waals surface area contributed by atoms with Crippen molar-refractivity contribution in [2.24, 2.45) is 0 Å². The second kappa shape index (κ2) is 15.1. The van der Waals surface area contributed by atoms with Crippen LogP contribution >= 0.6 is 0 Å². The summed E-state index contributed by atoms with van der Waals surface area (Å²) in [5.41, 5.74) is 0.279. The smallest absolute Gasteiger partial charge is 0.423 e. The lowest BCUT2D eigenvalue weighted by molar-refractivity contribution is 0.0178. The van der Waals surface area contributed by atoms with E-state index in [1.54, 1.807) is 64.4 Å². The molecule has 2 fully saturated rings. The van der Waals surface area contributed by atoms with E-state index in [0.29, 0.717) is 50.1 Å². The molecule has 16 heteroatoms. The number of rotatable bonds is 2. The molecule has 16 nitrogen and oxygen atoms in total. The first-order valence-corrected chi connectivity index (χ1v) is 18.0. The molecule has 0 radical (unpaired) electrons. The van der Waals surface area contributed by atoms with Crippen LogP contribution in [0.3, 0.4) is 0 Å². The Bertz CT molecular complexity index is 2060. The number of H-pyrrole nitrogens is 1. The van der Waals surface area contributed by atoms with Gasteiger partial charge in [-0.2, -0.15) is 4.57 Å². The minimum absolute atomic E-state index is 0.0809. The first-order chi connectivity index (χ1) is 24.7. The van der Waals surface area contributed by atoms with Gasteiger partial charge in [-0.3, -0.25) is 19.1 Å². The first kappa shape index (κ1) is 39.1. The van der Waals surface area contributed by atoms with Crippen molar-refractivity contribution in [1.82, 2.24) is 38.5 Å². The van der Waals surface area contributed by atoms with Gasteiger partial charge in [-0.05, 0) is 100 Å². The predicted octanol–water partition coefficient (Wildman–Crippen LogP) is 5.85. The predicted molar refractivity (Wildman–Crippen MR) is 198 cm³/mol. The van der Waals surface area contributed by atoms with Gasteiger partial charge in [0.05, 0.1) is 34.5 Å². The van der Waals surface area contributed by atoms with Gasteiger partial charge in [-0.15, -0.1) is 0 Å². The Morgan fingerprint density at radius 3 is 1.55 bits per heavy atom. The Labute approximate surface area is 308 Å². The normalized spacial score (nSPS) is 16.3. The summed E-state index contributed by atoms with van der Waals surface area (Å²) in [4.78, 5) is 76.8. The van der Waals surface area contributed by atoms with Crippen molar-refractivity contribution in [3.63, 3.8) is 0 Å². The van der Waals surface area contributed by atoms with Crippen molar-refractivity contribution < 1.29 is 28.6 Å². The molecule has 288 valence electrons. The van der Waals surface area contributed by atoms with Crippen LogP contribution in [0.1, 0.15) is 100 Å². The van der Waals surface area contributed by atoms with E-state index in [-0.39, 0.29) is 30.0 Å². The van der Waals surface area contributed by atoms with E-state index in [4.69, 9.17) is 14.2 Å². The molecule has 4 aromatic heterocycles. The van der Waals surface area contributed by atoms with Gasteiger partial charge in [0.15, 0.2) is 0 Å². The molecular weight excluding hydrogens is 684 g/mol. The number of nitrogens with zero attached hydrogens (tertiary/aromatic N) is 7. The van der Waals surface area contributed by atoms with Gasteiger partial charge in [-0.1, -0.05) is 0 Å². The average Bonchev–Trinajstić information content (AvgIpc) is 3.55. The van der Waals surface area contributed by atoms with Crippen LogP contribution in [0.25, 0.3) is 22.1 Å². The van der Waals surface area contributed by atoms with Crippen LogP contribution in [-0.2, 0) is 14.2 Å². The summed E-state index contributed by atoms with van der Waals surface area (Å²) in [6.45, 7) is 18.4. The zero-order valence-electron chi connectivity index (χ0n) is 32.2. The topological polar surface area (TPSA) is 176 Å². The molecule has 0 spiro atoms. The van der Waals surface area contributed by atoms with Crippen LogP contribution in [-0.4, -0.2) is 99.7 Å². The van der Waals surface area contributed by atoms with Crippen molar-refractivity contribution in [3.05, 3.63) is 57.9 Å². The van der Waals surface area contributed by atoms with E-state index in [1.165, 1.54) is 6.20 Å². The van der Waals surface area contributed by atoms with Crippen LogP contribution in [0.2, 0.25) is 0 Å². The van der Waals surface area contributed by atoms with Gasteiger partial charge < -0.3 is 29.0 Å². The quantitative estimate of drug-likeness (QED) is 0.246. The summed E-state index contributed by atoms with van der Waals surface area (Å²) in [6, 6.07) is 3.49. The lowest BCUT2D eigenvalue weighted by Gasteiger charge is -2.33. The zero-order chi connectivity index (χ0) is 38.9. The summed E-state index contributed by atoms with van der Waals surface area (Å²) in [5.74, 6) is 0. The van der Waals surface area contributed by atoms with Crippen molar-refractivity contribution in [2.75, 3.05) is 26.2 Å². The number of carbonyl (C=O) groups is 3. The van der Waals surface area contributed by atoms with Gasteiger partial charge in [-0.25, -0.2) is 24.0 Å². The Morgan fingerprint density at radius 1 is 0.623 bits per heavy atom. The van der Waals surface area contributed by atoms with Gasteiger partial charge >= 0.3 is 29.7 Å². The first-order valence-electron chi connectivity index (χ1n) is 18.0. The largest absolute Gasteiger partial charge is 0.444 e. The molecule has 6 rings (SSSR count). The van der Waals surface area contributed by atoms with E-state index < -0.39 is 28.6 Å². The number of likely N-dealkylation sites (tertiary alicyclic amines) is 2. The summed E-state index contributed by atoms with van der Waals surface area (Å²) < 4.78 is 20.7. The van der Waals surface area contributed by atoms with Crippen LogP contribution in [0.4, 0.5) is 14.4 Å². The van der Waals surface area contributed by atoms with Crippen molar-refractivity contribution >= 4 is 40.3 Å². The second-order valence-corrected chi connectivity index (χ2v) is 16.4. The number of pyridine rings is 2. The Hall–Kier alpha value is -5.15. The molecule has 0 aromatic carbocycles. The highest BCUT2D eigenvalue weighted by molar-refractivity contribution is 5.86. The third-order valence-corrected chi connectivity index (χ3v) is 8.73. The molecule has 0 saturated carbocycles. The Kier molecular flexibility index (Phi) is 11.1. The summed E-state index contributed by atoms with van der Waals surface area (Å²) in [6.07, 6.45) is 7.67. The highest BCUT2D eigenvalue weighted by Crippen LogP contribution is 2.28. The lowest BCUT2D eigenvalue weighted by atomic mass is 10.1. The summed E-state index contributed by atoms with van der Waals surface area (Å²) in [5, 5.41) is 0. The fraction of sp³-hybridized carbons (Fsp3) is 0.595. The molecule has 0 unspecified atom stereocenters.